The van der Waals surface area contributed by atoms with Crippen LogP contribution in [0.15, 0.2) is 65.6 Å². The van der Waals surface area contributed by atoms with E-state index < -0.39 is 27.5 Å². The van der Waals surface area contributed by atoms with Crippen LogP contribution in [0.3, 0.4) is 0 Å². The van der Waals surface area contributed by atoms with Gasteiger partial charge in [0.25, 0.3) is 10.0 Å². The molecular weight excluding hydrogens is 387 g/mol. The summed E-state index contributed by atoms with van der Waals surface area (Å²) >= 11 is 0. The van der Waals surface area contributed by atoms with Crippen LogP contribution in [0.2, 0.25) is 0 Å². The fourth-order valence-corrected chi connectivity index (χ4v) is 4.17. The highest BCUT2D eigenvalue weighted by molar-refractivity contribution is 7.92. The van der Waals surface area contributed by atoms with E-state index in [4.69, 9.17) is 0 Å². The molecule has 0 aliphatic rings. The molecule has 3 nitrogen and oxygen atoms in total. The molecule has 0 aliphatic heterocycles. The van der Waals surface area contributed by atoms with Gasteiger partial charge in [0.05, 0.1) is 17.1 Å². The van der Waals surface area contributed by atoms with Gasteiger partial charge >= 0.3 is 0 Å². The molecule has 28 heavy (non-hydrogen) atoms. The number of sulfonamides is 1. The van der Waals surface area contributed by atoms with E-state index in [1.165, 1.54) is 49.4 Å². The molecule has 0 spiro atoms. The molecule has 0 N–H and O–H groups in total. The van der Waals surface area contributed by atoms with Crippen LogP contribution in [0.25, 0.3) is 0 Å². The third-order valence-electron chi connectivity index (χ3n) is 4.39. The van der Waals surface area contributed by atoms with Gasteiger partial charge in [-0.05, 0) is 66.9 Å². The van der Waals surface area contributed by atoms with Gasteiger partial charge in [-0.25, -0.2) is 21.6 Å². The van der Waals surface area contributed by atoms with E-state index in [0.717, 1.165) is 16.4 Å². The van der Waals surface area contributed by atoms with Crippen molar-refractivity contribution in [1.82, 2.24) is 0 Å². The van der Waals surface area contributed by atoms with Gasteiger partial charge in [-0.15, -0.1) is 0 Å². The minimum Gasteiger partial charge on any atom is -0.262 e. The van der Waals surface area contributed by atoms with Crippen molar-refractivity contribution in [2.24, 2.45) is 0 Å². The van der Waals surface area contributed by atoms with Crippen molar-refractivity contribution < 1.29 is 21.6 Å². The molecule has 3 aromatic carbocycles. The number of nitrogens with zero attached hydrogens (tertiary/aromatic N) is 1. The molecule has 0 unspecified atom stereocenters. The Morgan fingerprint density at radius 3 is 2.07 bits per heavy atom. The second-order valence-corrected chi connectivity index (χ2v) is 8.35. The number of hydrogen-bond acceptors (Lipinski definition) is 2. The Balaban J connectivity index is 2.13. The summed E-state index contributed by atoms with van der Waals surface area (Å²) in [5, 5.41) is 0. The van der Waals surface area contributed by atoms with Crippen LogP contribution in [-0.4, -0.2) is 8.42 Å². The Bertz CT molecular complexity index is 1130. The molecule has 146 valence electrons. The summed E-state index contributed by atoms with van der Waals surface area (Å²) in [6, 6.07) is 13.0. The number of benzene rings is 3. The predicted molar refractivity (Wildman–Crippen MR) is 102 cm³/mol. The zero-order valence-electron chi connectivity index (χ0n) is 15.3. The van der Waals surface area contributed by atoms with Crippen LogP contribution in [-0.2, 0) is 16.6 Å². The normalized spacial score (nSPS) is 11.5. The highest BCUT2D eigenvalue weighted by atomic mass is 32.2. The zero-order valence-corrected chi connectivity index (χ0v) is 16.1. The van der Waals surface area contributed by atoms with E-state index in [1.807, 2.05) is 0 Å². The molecule has 0 aromatic heterocycles. The minimum absolute atomic E-state index is 0.0633. The highest BCUT2D eigenvalue weighted by Crippen LogP contribution is 2.28. The van der Waals surface area contributed by atoms with Crippen molar-refractivity contribution in [2.45, 2.75) is 25.3 Å². The van der Waals surface area contributed by atoms with Crippen LogP contribution in [0.4, 0.5) is 18.9 Å². The summed E-state index contributed by atoms with van der Waals surface area (Å²) in [4.78, 5) is -0.270. The summed E-state index contributed by atoms with van der Waals surface area (Å²) in [5.41, 5.74) is 1.09. The predicted octanol–water partition coefficient (Wildman–Crippen LogP) is 5.12. The minimum atomic E-state index is -4.23. The molecule has 3 rings (SSSR count). The highest BCUT2D eigenvalue weighted by Gasteiger charge is 2.26. The first-order chi connectivity index (χ1) is 13.2. The molecule has 0 atom stereocenters. The SMILES string of the molecule is Cc1ccc(N(Cc2cccc(F)c2)S(=O)(=O)c2ccc(C)c(F)c2)cc1F. The Labute approximate surface area is 162 Å². The van der Waals surface area contributed by atoms with Gasteiger partial charge in [0.15, 0.2) is 0 Å². The Hall–Kier alpha value is -2.80. The van der Waals surface area contributed by atoms with Crippen molar-refractivity contribution in [3.05, 3.63) is 94.8 Å². The van der Waals surface area contributed by atoms with Crippen LogP contribution in [0.5, 0.6) is 0 Å². The molecule has 0 fully saturated rings. The second kappa shape index (κ2) is 7.67. The fraction of sp³-hybridized carbons (Fsp3) is 0.143. The summed E-state index contributed by atoms with van der Waals surface area (Å²) in [7, 11) is -4.23. The molecule has 0 heterocycles. The summed E-state index contributed by atoms with van der Waals surface area (Å²) < 4.78 is 69.1. The van der Waals surface area contributed by atoms with Gasteiger partial charge in [0.1, 0.15) is 17.5 Å². The number of hydrogen-bond donors (Lipinski definition) is 0. The second-order valence-electron chi connectivity index (χ2n) is 6.49. The standard InChI is InChI=1S/C21H18F3NO2S/c1-14-6-8-18(11-20(14)23)25(13-16-4-3-5-17(22)10-16)28(26,27)19-9-7-15(2)21(24)12-19/h3-12H,13H2,1-2H3. The molecule has 3 aromatic rings. The van der Waals surface area contributed by atoms with E-state index in [1.54, 1.807) is 13.0 Å². The third kappa shape index (κ3) is 4.04. The monoisotopic (exact) mass is 405 g/mol. The third-order valence-corrected chi connectivity index (χ3v) is 6.16. The lowest BCUT2D eigenvalue weighted by molar-refractivity contribution is 0.583. The first-order valence-electron chi connectivity index (χ1n) is 8.48. The lowest BCUT2D eigenvalue weighted by Gasteiger charge is -2.25. The lowest BCUT2D eigenvalue weighted by atomic mass is 10.2. The first-order valence-corrected chi connectivity index (χ1v) is 9.92. The Morgan fingerprint density at radius 2 is 1.46 bits per heavy atom. The molecule has 7 heteroatoms. The molecule has 0 saturated heterocycles. The number of halogens is 3. The maximum Gasteiger partial charge on any atom is 0.264 e. The quantitative estimate of drug-likeness (QED) is 0.591. The van der Waals surface area contributed by atoms with Gasteiger partial charge in [-0.3, -0.25) is 4.31 Å². The summed E-state index contributed by atoms with van der Waals surface area (Å²) in [6.07, 6.45) is 0. The molecular formula is C21H18F3NO2S. The number of aryl methyl sites for hydroxylation is 2. The molecule has 0 amide bonds. The van der Waals surface area contributed by atoms with E-state index in [2.05, 4.69) is 0 Å². The van der Waals surface area contributed by atoms with Crippen molar-refractivity contribution >= 4 is 15.7 Å². The van der Waals surface area contributed by atoms with E-state index in [9.17, 15) is 21.6 Å². The van der Waals surface area contributed by atoms with Gasteiger partial charge < -0.3 is 0 Å². The largest absolute Gasteiger partial charge is 0.264 e. The van der Waals surface area contributed by atoms with E-state index >= 15 is 0 Å². The maximum atomic E-state index is 14.1. The van der Waals surface area contributed by atoms with Gasteiger partial charge in [0.2, 0.25) is 0 Å². The van der Waals surface area contributed by atoms with Crippen molar-refractivity contribution in [3.63, 3.8) is 0 Å². The molecule has 0 bridgehead atoms. The topological polar surface area (TPSA) is 37.4 Å². The maximum absolute atomic E-state index is 14.1. The average molecular weight is 405 g/mol. The molecule has 0 radical (unpaired) electrons. The molecule has 0 saturated carbocycles. The fourth-order valence-electron chi connectivity index (χ4n) is 2.71. The first kappa shape index (κ1) is 19.9. The van der Waals surface area contributed by atoms with Gasteiger partial charge in [0, 0.05) is 0 Å². The lowest BCUT2D eigenvalue weighted by Crippen LogP contribution is -2.31. The van der Waals surface area contributed by atoms with Crippen LogP contribution < -0.4 is 4.31 Å². The van der Waals surface area contributed by atoms with Crippen LogP contribution in [0, 0.1) is 31.3 Å². The molecule has 0 aliphatic carbocycles. The van der Waals surface area contributed by atoms with Gasteiger partial charge in [-0.1, -0.05) is 24.3 Å². The van der Waals surface area contributed by atoms with E-state index in [0.29, 0.717) is 16.7 Å². The Morgan fingerprint density at radius 1 is 0.821 bits per heavy atom. The summed E-state index contributed by atoms with van der Waals surface area (Å²) in [6.45, 7) is 2.84. The van der Waals surface area contributed by atoms with Gasteiger partial charge in [-0.2, -0.15) is 0 Å². The van der Waals surface area contributed by atoms with Crippen LogP contribution >= 0.6 is 0 Å². The Kier molecular flexibility index (Phi) is 5.47. The van der Waals surface area contributed by atoms with Crippen LogP contribution in [0.1, 0.15) is 16.7 Å². The average Bonchev–Trinajstić information content (AvgIpc) is 2.64. The van der Waals surface area contributed by atoms with E-state index in [-0.39, 0.29) is 17.1 Å². The van der Waals surface area contributed by atoms with Crippen molar-refractivity contribution in [2.75, 3.05) is 4.31 Å². The number of rotatable bonds is 5. The zero-order chi connectivity index (χ0) is 20.5. The smallest absolute Gasteiger partial charge is 0.262 e. The number of anilines is 1. The summed E-state index contributed by atoms with van der Waals surface area (Å²) in [5.74, 6) is -1.76. The van der Waals surface area contributed by atoms with Crippen molar-refractivity contribution in [1.29, 1.82) is 0 Å². The van der Waals surface area contributed by atoms with Crippen molar-refractivity contribution in [3.8, 4) is 0 Å².